The molecule has 0 saturated heterocycles. The average molecular weight is 234 g/mol. The van der Waals surface area contributed by atoms with Crippen LogP contribution in [0, 0.1) is 13.8 Å². The van der Waals surface area contributed by atoms with Gasteiger partial charge in [-0.15, -0.1) is 0 Å². The van der Waals surface area contributed by atoms with Gasteiger partial charge in [0.15, 0.2) is 6.29 Å². The molecule has 3 nitrogen and oxygen atoms in total. The molecule has 0 aromatic carbocycles. The largest absolute Gasteiger partial charge is 0.298 e. The standard InChI is InChI=1S/C12H14N2OS/c1-9-12(7-15)10(2)14(13-9)5-3-11-4-6-16-8-11/h4,6-8H,3,5H2,1-2H3. The minimum absolute atomic E-state index is 0.727. The van der Waals surface area contributed by atoms with Crippen LogP contribution in [0.4, 0.5) is 0 Å². The van der Waals surface area contributed by atoms with Gasteiger partial charge in [-0.05, 0) is 42.7 Å². The monoisotopic (exact) mass is 234 g/mol. The first-order valence-electron chi connectivity index (χ1n) is 5.22. The smallest absolute Gasteiger partial charge is 0.153 e. The van der Waals surface area contributed by atoms with Crippen LogP contribution in [0.2, 0.25) is 0 Å². The minimum Gasteiger partial charge on any atom is -0.298 e. The van der Waals surface area contributed by atoms with Gasteiger partial charge >= 0.3 is 0 Å². The van der Waals surface area contributed by atoms with Crippen molar-refractivity contribution in [2.45, 2.75) is 26.8 Å². The maximum atomic E-state index is 10.8. The van der Waals surface area contributed by atoms with E-state index in [0.29, 0.717) is 0 Å². The molecule has 2 rings (SSSR count). The maximum Gasteiger partial charge on any atom is 0.153 e. The van der Waals surface area contributed by atoms with Gasteiger partial charge in [0.25, 0.3) is 0 Å². The molecule has 0 unspecified atom stereocenters. The number of aromatic nitrogens is 2. The van der Waals surface area contributed by atoms with E-state index in [2.05, 4.69) is 21.9 Å². The van der Waals surface area contributed by atoms with Crippen LogP contribution < -0.4 is 0 Å². The van der Waals surface area contributed by atoms with Gasteiger partial charge < -0.3 is 0 Å². The third-order valence-electron chi connectivity index (χ3n) is 2.75. The highest BCUT2D eigenvalue weighted by Gasteiger charge is 2.09. The normalized spacial score (nSPS) is 10.6. The molecular formula is C12H14N2OS. The first kappa shape index (κ1) is 11.1. The van der Waals surface area contributed by atoms with Gasteiger partial charge in [0, 0.05) is 12.2 Å². The number of carbonyl (C=O) groups is 1. The number of nitrogens with zero attached hydrogens (tertiary/aromatic N) is 2. The Morgan fingerprint density at radius 2 is 2.31 bits per heavy atom. The number of aryl methyl sites for hydroxylation is 3. The van der Waals surface area contributed by atoms with E-state index in [1.54, 1.807) is 11.3 Å². The van der Waals surface area contributed by atoms with Gasteiger partial charge in [-0.2, -0.15) is 16.4 Å². The highest BCUT2D eigenvalue weighted by atomic mass is 32.1. The third-order valence-corrected chi connectivity index (χ3v) is 3.48. The summed E-state index contributed by atoms with van der Waals surface area (Å²) in [4.78, 5) is 10.8. The van der Waals surface area contributed by atoms with Gasteiger partial charge in [0.05, 0.1) is 11.3 Å². The Labute approximate surface area is 98.7 Å². The Balaban J connectivity index is 2.13. The number of rotatable bonds is 4. The number of carbonyl (C=O) groups excluding carboxylic acids is 1. The van der Waals surface area contributed by atoms with Crippen molar-refractivity contribution in [1.82, 2.24) is 9.78 Å². The average Bonchev–Trinajstić information content (AvgIpc) is 2.85. The number of aldehydes is 1. The van der Waals surface area contributed by atoms with E-state index in [9.17, 15) is 4.79 Å². The van der Waals surface area contributed by atoms with E-state index in [-0.39, 0.29) is 0 Å². The number of thiophene rings is 1. The lowest BCUT2D eigenvalue weighted by Crippen LogP contribution is -2.05. The van der Waals surface area contributed by atoms with Crippen molar-refractivity contribution in [2.75, 3.05) is 0 Å². The summed E-state index contributed by atoms with van der Waals surface area (Å²) in [6.45, 7) is 4.65. The maximum absolute atomic E-state index is 10.8. The molecule has 2 heterocycles. The Morgan fingerprint density at radius 1 is 1.50 bits per heavy atom. The summed E-state index contributed by atoms with van der Waals surface area (Å²) in [6, 6.07) is 2.12. The molecule has 0 N–H and O–H groups in total. The summed E-state index contributed by atoms with van der Waals surface area (Å²) >= 11 is 1.71. The van der Waals surface area contributed by atoms with Crippen LogP contribution >= 0.6 is 11.3 Å². The molecule has 2 aromatic heterocycles. The van der Waals surface area contributed by atoms with Crippen LogP contribution in [0.3, 0.4) is 0 Å². The molecule has 2 aromatic rings. The van der Waals surface area contributed by atoms with Gasteiger partial charge in [0.1, 0.15) is 0 Å². The molecule has 84 valence electrons. The van der Waals surface area contributed by atoms with Crippen molar-refractivity contribution in [2.24, 2.45) is 0 Å². The number of hydrogen-bond acceptors (Lipinski definition) is 3. The first-order valence-corrected chi connectivity index (χ1v) is 6.17. The van der Waals surface area contributed by atoms with Gasteiger partial charge in [-0.3, -0.25) is 9.48 Å². The molecule has 0 amide bonds. The van der Waals surface area contributed by atoms with Gasteiger partial charge in [-0.25, -0.2) is 0 Å². The molecule has 0 aliphatic carbocycles. The van der Waals surface area contributed by atoms with Crippen LogP contribution in [0.5, 0.6) is 0 Å². The van der Waals surface area contributed by atoms with Crippen LogP contribution in [-0.2, 0) is 13.0 Å². The predicted octanol–water partition coefficient (Wildman–Crippen LogP) is 2.62. The van der Waals surface area contributed by atoms with Crippen molar-refractivity contribution in [3.63, 3.8) is 0 Å². The zero-order valence-corrected chi connectivity index (χ0v) is 10.3. The first-order chi connectivity index (χ1) is 7.72. The highest BCUT2D eigenvalue weighted by molar-refractivity contribution is 7.07. The summed E-state index contributed by atoms with van der Waals surface area (Å²) in [5.41, 5.74) is 3.83. The van der Waals surface area contributed by atoms with Crippen molar-refractivity contribution < 1.29 is 4.79 Å². The van der Waals surface area contributed by atoms with Crippen molar-refractivity contribution in [1.29, 1.82) is 0 Å². The van der Waals surface area contributed by atoms with Crippen LogP contribution in [0.25, 0.3) is 0 Å². The van der Waals surface area contributed by atoms with E-state index < -0.39 is 0 Å². The predicted molar refractivity (Wildman–Crippen MR) is 65.1 cm³/mol. The van der Waals surface area contributed by atoms with Crippen LogP contribution in [0.15, 0.2) is 16.8 Å². The van der Waals surface area contributed by atoms with Crippen molar-refractivity contribution in [3.05, 3.63) is 39.3 Å². The molecule has 0 atom stereocenters. The van der Waals surface area contributed by atoms with E-state index >= 15 is 0 Å². The fourth-order valence-electron chi connectivity index (χ4n) is 1.77. The zero-order valence-electron chi connectivity index (χ0n) is 9.43. The lowest BCUT2D eigenvalue weighted by atomic mass is 10.2. The summed E-state index contributed by atoms with van der Waals surface area (Å²) < 4.78 is 1.91. The fourth-order valence-corrected chi connectivity index (χ4v) is 2.47. The topological polar surface area (TPSA) is 34.9 Å². The molecule has 0 aliphatic heterocycles. The molecule has 0 radical (unpaired) electrons. The Morgan fingerprint density at radius 3 is 2.88 bits per heavy atom. The quantitative estimate of drug-likeness (QED) is 0.762. The Bertz CT molecular complexity index is 485. The van der Waals surface area contributed by atoms with Gasteiger partial charge in [0.2, 0.25) is 0 Å². The molecule has 4 heteroatoms. The zero-order chi connectivity index (χ0) is 11.5. The van der Waals surface area contributed by atoms with E-state index in [4.69, 9.17) is 0 Å². The lowest BCUT2D eigenvalue weighted by Gasteiger charge is -2.02. The summed E-state index contributed by atoms with van der Waals surface area (Å²) in [7, 11) is 0. The SMILES string of the molecule is Cc1nn(CCc2ccsc2)c(C)c1C=O. The van der Waals surface area contributed by atoms with E-state index in [0.717, 1.165) is 36.2 Å². The molecule has 0 spiro atoms. The summed E-state index contributed by atoms with van der Waals surface area (Å²) in [5.74, 6) is 0. The van der Waals surface area contributed by atoms with E-state index in [1.165, 1.54) is 5.56 Å². The summed E-state index contributed by atoms with van der Waals surface area (Å²) in [6.07, 6.45) is 1.85. The van der Waals surface area contributed by atoms with Crippen molar-refractivity contribution in [3.8, 4) is 0 Å². The summed E-state index contributed by atoms with van der Waals surface area (Å²) in [5, 5.41) is 8.59. The van der Waals surface area contributed by atoms with Crippen LogP contribution in [0.1, 0.15) is 27.3 Å². The molecule has 0 saturated carbocycles. The van der Waals surface area contributed by atoms with E-state index in [1.807, 2.05) is 18.5 Å². The van der Waals surface area contributed by atoms with Crippen molar-refractivity contribution >= 4 is 17.6 Å². The highest BCUT2D eigenvalue weighted by Crippen LogP contribution is 2.12. The third kappa shape index (κ3) is 2.07. The minimum atomic E-state index is 0.727. The lowest BCUT2D eigenvalue weighted by molar-refractivity contribution is 0.112. The molecule has 0 aliphatic rings. The molecule has 0 fully saturated rings. The molecular weight excluding hydrogens is 220 g/mol. The Hall–Kier alpha value is -1.42. The number of hydrogen-bond donors (Lipinski definition) is 0. The van der Waals surface area contributed by atoms with Gasteiger partial charge in [-0.1, -0.05) is 0 Å². The fraction of sp³-hybridized carbons (Fsp3) is 0.333. The second-order valence-corrected chi connectivity index (χ2v) is 4.59. The molecule has 16 heavy (non-hydrogen) atoms. The molecule has 0 bridgehead atoms. The van der Waals surface area contributed by atoms with Crippen LogP contribution in [-0.4, -0.2) is 16.1 Å². The second-order valence-electron chi connectivity index (χ2n) is 3.81. The second kappa shape index (κ2) is 4.61. The Kier molecular flexibility index (Phi) is 3.19.